The molecule has 130 valence electrons. The number of hydrogen-bond donors (Lipinski definition) is 2. The summed E-state index contributed by atoms with van der Waals surface area (Å²) in [5.74, 6) is 1.36. The van der Waals surface area contributed by atoms with E-state index < -0.39 is 0 Å². The zero-order valence-corrected chi connectivity index (χ0v) is 14.9. The van der Waals surface area contributed by atoms with Crippen molar-refractivity contribution in [3.05, 3.63) is 41.6 Å². The summed E-state index contributed by atoms with van der Waals surface area (Å²) in [6.45, 7) is 2.13. The van der Waals surface area contributed by atoms with E-state index in [-0.39, 0.29) is 18.3 Å². The molecule has 0 bridgehead atoms. The average Bonchev–Trinajstić information content (AvgIpc) is 3.02. The smallest absolute Gasteiger partial charge is 0.225 e. The van der Waals surface area contributed by atoms with Gasteiger partial charge in [-0.15, -0.1) is 12.4 Å². The number of nitrogens with zero attached hydrogens (tertiary/aromatic N) is 2. The SMILES string of the molecule is Cl.O=C(CCC1CCNCC1)Nc1ccnn1-c1cccc(Cl)c1. The first kappa shape index (κ1) is 18.8. The van der Waals surface area contributed by atoms with E-state index in [0.29, 0.717) is 23.2 Å². The molecule has 1 saturated heterocycles. The molecule has 1 fully saturated rings. The van der Waals surface area contributed by atoms with Gasteiger partial charge in [-0.3, -0.25) is 4.79 Å². The quantitative estimate of drug-likeness (QED) is 0.846. The third-order valence-electron chi connectivity index (χ3n) is 4.20. The topological polar surface area (TPSA) is 59.0 Å². The van der Waals surface area contributed by atoms with E-state index >= 15 is 0 Å². The van der Waals surface area contributed by atoms with Gasteiger partial charge in [0.1, 0.15) is 5.82 Å². The van der Waals surface area contributed by atoms with Gasteiger partial charge in [0.25, 0.3) is 0 Å². The van der Waals surface area contributed by atoms with Gasteiger partial charge in [0, 0.05) is 17.5 Å². The molecular weight excluding hydrogens is 347 g/mol. The predicted molar refractivity (Wildman–Crippen MR) is 99.3 cm³/mol. The lowest BCUT2D eigenvalue weighted by Gasteiger charge is -2.22. The summed E-state index contributed by atoms with van der Waals surface area (Å²) >= 11 is 6.02. The number of aromatic nitrogens is 2. The lowest BCUT2D eigenvalue weighted by molar-refractivity contribution is -0.116. The first-order valence-electron chi connectivity index (χ1n) is 8.03. The van der Waals surface area contributed by atoms with E-state index in [1.54, 1.807) is 16.9 Å². The van der Waals surface area contributed by atoms with E-state index in [1.165, 1.54) is 0 Å². The molecule has 0 aliphatic carbocycles. The molecule has 2 heterocycles. The van der Waals surface area contributed by atoms with E-state index in [4.69, 9.17) is 11.6 Å². The van der Waals surface area contributed by atoms with Gasteiger partial charge in [-0.05, 0) is 56.5 Å². The number of carbonyl (C=O) groups excluding carboxylic acids is 1. The standard InChI is InChI=1S/C17H21ClN4O.ClH/c18-14-2-1-3-15(12-14)22-16(8-11-20-22)21-17(23)5-4-13-6-9-19-10-7-13;/h1-3,8,11-13,19H,4-7,9-10H2,(H,21,23);1H. The number of rotatable bonds is 5. The van der Waals surface area contributed by atoms with Crippen LogP contribution in [0.4, 0.5) is 5.82 Å². The number of nitrogens with one attached hydrogen (secondary N) is 2. The molecular formula is C17H22Cl2N4O. The van der Waals surface area contributed by atoms with E-state index in [2.05, 4.69) is 15.7 Å². The molecule has 0 unspecified atom stereocenters. The molecule has 1 aromatic carbocycles. The fourth-order valence-corrected chi connectivity index (χ4v) is 3.11. The molecule has 1 aromatic heterocycles. The number of halogens is 2. The second kappa shape index (κ2) is 9.06. The summed E-state index contributed by atoms with van der Waals surface area (Å²) in [7, 11) is 0. The maximum Gasteiger partial charge on any atom is 0.225 e. The molecule has 2 N–H and O–H groups in total. The molecule has 0 saturated carbocycles. The molecule has 0 atom stereocenters. The highest BCUT2D eigenvalue weighted by atomic mass is 35.5. The third kappa shape index (κ3) is 4.97. The minimum atomic E-state index is 0. The van der Waals surface area contributed by atoms with Crippen molar-refractivity contribution >= 4 is 35.7 Å². The molecule has 0 spiro atoms. The molecule has 24 heavy (non-hydrogen) atoms. The number of hydrogen-bond acceptors (Lipinski definition) is 3. The zero-order chi connectivity index (χ0) is 16.1. The Hall–Kier alpha value is -1.56. The Bertz CT molecular complexity index is 668. The van der Waals surface area contributed by atoms with Crippen molar-refractivity contribution in [3.63, 3.8) is 0 Å². The van der Waals surface area contributed by atoms with Crippen molar-refractivity contribution in [2.75, 3.05) is 18.4 Å². The van der Waals surface area contributed by atoms with Gasteiger partial charge in [0.2, 0.25) is 5.91 Å². The lowest BCUT2D eigenvalue weighted by atomic mass is 9.93. The van der Waals surface area contributed by atoms with Crippen LogP contribution in [0.1, 0.15) is 25.7 Å². The van der Waals surface area contributed by atoms with Crippen LogP contribution in [0.15, 0.2) is 36.5 Å². The van der Waals surface area contributed by atoms with Gasteiger partial charge in [-0.1, -0.05) is 17.7 Å². The first-order chi connectivity index (χ1) is 11.2. The maximum absolute atomic E-state index is 12.2. The fraction of sp³-hybridized carbons (Fsp3) is 0.412. The van der Waals surface area contributed by atoms with Crippen LogP contribution in [0.25, 0.3) is 5.69 Å². The summed E-state index contributed by atoms with van der Waals surface area (Å²) in [5, 5.41) is 11.2. The fourth-order valence-electron chi connectivity index (χ4n) is 2.92. The Morgan fingerprint density at radius 2 is 2.12 bits per heavy atom. The van der Waals surface area contributed by atoms with Crippen LogP contribution >= 0.6 is 24.0 Å². The van der Waals surface area contributed by atoms with E-state index in [1.807, 2.05) is 24.3 Å². The van der Waals surface area contributed by atoms with Crippen LogP contribution in [-0.2, 0) is 4.79 Å². The van der Waals surface area contributed by atoms with Gasteiger partial charge in [0.05, 0.1) is 11.9 Å². The van der Waals surface area contributed by atoms with Gasteiger partial charge in [-0.2, -0.15) is 5.10 Å². The first-order valence-corrected chi connectivity index (χ1v) is 8.41. The number of benzene rings is 1. The molecule has 1 amide bonds. The zero-order valence-electron chi connectivity index (χ0n) is 13.4. The van der Waals surface area contributed by atoms with E-state index in [9.17, 15) is 4.79 Å². The molecule has 7 heteroatoms. The highest BCUT2D eigenvalue weighted by molar-refractivity contribution is 6.30. The van der Waals surface area contributed by atoms with Crippen LogP contribution in [0.5, 0.6) is 0 Å². The highest BCUT2D eigenvalue weighted by Gasteiger charge is 2.15. The van der Waals surface area contributed by atoms with E-state index in [0.717, 1.165) is 38.0 Å². The average molecular weight is 369 g/mol. The van der Waals surface area contributed by atoms with Crippen LogP contribution in [0, 0.1) is 5.92 Å². The molecule has 2 aromatic rings. The van der Waals surface area contributed by atoms with Crippen molar-refractivity contribution in [2.45, 2.75) is 25.7 Å². The number of carbonyl (C=O) groups is 1. The lowest BCUT2D eigenvalue weighted by Crippen LogP contribution is -2.28. The molecule has 5 nitrogen and oxygen atoms in total. The van der Waals surface area contributed by atoms with Gasteiger partial charge in [-0.25, -0.2) is 4.68 Å². The Labute approximate surface area is 153 Å². The van der Waals surface area contributed by atoms with Gasteiger partial charge in [0.15, 0.2) is 0 Å². The monoisotopic (exact) mass is 368 g/mol. The van der Waals surface area contributed by atoms with Crippen LogP contribution in [0.2, 0.25) is 5.02 Å². The largest absolute Gasteiger partial charge is 0.317 e. The summed E-state index contributed by atoms with van der Waals surface area (Å²) in [4.78, 5) is 12.2. The normalized spacial score (nSPS) is 14.9. The third-order valence-corrected chi connectivity index (χ3v) is 4.44. The number of anilines is 1. The Kier molecular flexibility index (Phi) is 7.09. The molecule has 3 rings (SSSR count). The molecule has 1 aliphatic heterocycles. The van der Waals surface area contributed by atoms with Crippen LogP contribution in [0.3, 0.4) is 0 Å². The minimum Gasteiger partial charge on any atom is -0.317 e. The van der Waals surface area contributed by atoms with Gasteiger partial charge >= 0.3 is 0 Å². The Morgan fingerprint density at radius 3 is 2.88 bits per heavy atom. The minimum absolute atomic E-state index is 0. The van der Waals surface area contributed by atoms with Gasteiger partial charge < -0.3 is 10.6 Å². The number of amides is 1. The Morgan fingerprint density at radius 1 is 1.33 bits per heavy atom. The molecule has 1 aliphatic rings. The second-order valence-electron chi connectivity index (χ2n) is 5.89. The van der Waals surface area contributed by atoms with Crippen molar-refractivity contribution in [2.24, 2.45) is 5.92 Å². The van der Waals surface area contributed by atoms with Crippen molar-refractivity contribution in [1.82, 2.24) is 15.1 Å². The summed E-state index contributed by atoms with van der Waals surface area (Å²) < 4.78 is 1.69. The Balaban J connectivity index is 0.00000208. The van der Waals surface area contributed by atoms with Crippen molar-refractivity contribution in [1.29, 1.82) is 0 Å². The molecule has 0 radical (unpaired) electrons. The van der Waals surface area contributed by atoms with Crippen LogP contribution < -0.4 is 10.6 Å². The maximum atomic E-state index is 12.2. The summed E-state index contributed by atoms with van der Waals surface area (Å²) in [5.41, 5.74) is 0.830. The number of piperidine rings is 1. The van der Waals surface area contributed by atoms with Crippen LogP contribution in [-0.4, -0.2) is 28.8 Å². The summed E-state index contributed by atoms with van der Waals surface area (Å²) in [6.07, 6.45) is 5.48. The van der Waals surface area contributed by atoms with Crippen molar-refractivity contribution in [3.8, 4) is 5.69 Å². The van der Waals surface area contributed by atoms with Crippen molar-refractivity contribution < 1.29 is 4.79 Å². The predicted octanol–water partition coefficient (Wildman–Crippen LogP) is 3.67. The second-order valence-corrected chi connectivity index (χ2v) is 6.32. The summed E-state index contributed by atoms with van der Waals surface area (Å²) in [6, 6.07) is 9.19. The highest BCUT2D eigenvalue weighted by Crippen LogP contribution is 2.20.